The van der Waals surface area contributed by atoms with Crippen LogP contribution in [-0.2, 0) is 12.4 Å². The molecular formula is C104H119F7N20O6. The molecule has 137 heavy (non-hydrogen) atoms. The predicted molar refractivity (Wildman–Crippen MR) is 536 cm³/mol. The lowest BCUT2D eigenvalue weighted by Gasteiger charge is -2.29. The Morgan fingerprint density at radius 1 is 0.321 bits per heavy atom. The standard InChI is InChI=1S/C26H27F4N5O2.C26H28F3N5O.C26H30N4O2.C25H30N6O.CH4/c1-31-25(36)18-12-16(27)6-8-20(18)33-22-14-24(32-15-19(22)26(28,29)30)34-21-9-7-17(13-23(21)37-2)35-10-4-3-5-11-35;1-17-14-18(34-12-6-3-7-13-34)10-11-21(17)33-24-15-23(20(16-31-24)26(27,28)29)32-22-9-5-4-8-19(22)25(35)30-2;1-18-17-27-26(16-24(18)28-22-10-6-5-9-21(22)19(2)31)29-23-12-11-20(15-25(23)32-3)30-13-7-4-8-14-30;1-17-14-19(31-12-5-4-6-13-31)9-10-20(17)30-23-15-22(18(2)16-28-23)29-21-8-7-11-27-24(21)25(32)26-3;/h6-9,12-15H,3-5,10-11H2,1-2H3,(H,31,36)(H2,32,33,34);4-5,8-11,14-16H,3,6-7,12-13H2,1-2H3,(H,30,35)(H2,31,32,33);5-6,9-12,15-17H,4,7-8,13-14H2,1-3H3,(H2,27,28,29);7-11,14-16H,4-6,12-13H2,1-3H3,(H,26,32)(H2,28,29,30);1H4. The van der Waals surface area contributed by atoms with E-state index in [0.29, 0.717) is 40.4 Å². The summed E-state index contributed by atoms with van der Waals surface area (Å²) in [4.78, 5) is 79.3. The van der Waals surface area contributed by atoms with Crippen LogP contribution < -0.4 is 87.6 Å². The maximum atomic E-state index is 13.8. The Morgan fingerprint density at radius 3 is 1.04 bits per heavy atom. The number of nitrogens with one attached hydrogen (secondary N) is 11. The number of carbonyl (C=O) groups is 4. The maximum Gasteiger partial charge on any atom is 0.419 e. The van der Waals surface area contributed by atoms with Crippen LogP contribution in [0.4, 0.5) is 145 Å². The van der Waals surface area contributed by atoms with Crippen LogP contribution in [-0.4, -0.2) is 136 Å². The van der Waals surface area contributed by atoms with Gasteiger partial charge in [0, 0.05) is 198 Å². The molecule has 3 amide bonds. The zero-order valence-corrected chi connectivity index (χ0v) is 77.9. The molecule has 7 aromatic carbocycles. The molecule has 5 aromatic heterocycles. The molecule has 33 heteroatoms. The van der Waals surface area contributed by atoms with Crippen molar-refractivity contribution in [2.75, 3.05) is 150 Å². The number of carbonyl (C=O) groups excluding carboxylic acids is 4. The summed E-state index contributed by atoms with van der Waals surface area (Å²) in [5, 5.41) is 32.6. The summed E-state index contributed by atoms with van der Waals surface area (Å²) < 4.78 is 107. The van der Waals surface area contributed by atoms with Crippen LogP contribution >= 0.6 is 0 Å². The van der Waals surface area contributed by atoms with Crippen molar-refractivity contribution in [3.8, 4) is 11.5 Å². The molecule has 0 saturated carbocycles. The van der Waals surface area contributed by atoms with E-state index in [2.05, 4.69) is 146 Å². The van der Waals surface area contributed by atoms with E-state index < -0.39 is 41.1 Å². The Hall–Kier alpha value is -14.9. The van der Waals surface area contributed by atoms with Crippen molar-refractivity contribution in [2.45, 2.75) is 131 Å². The first-order chi connectivity index (χ1) is 65.5. The Morgan fingerprint density at radius 2 is 0.650 bits per heavy atom. The van der Waals surface area contributed by atoms with E-state index in [4.69, 9.17) is 9.47 Å². The van der Waals surface area contributed by atoms with Gasteiger partial charge in [0.25, 0.3) is 17.7 Å². The number of nitrogens with zero attached hydrogens (tertiary/aromatic N) is 9. The first-order valence-corrected chi connectivity index (χ1v) is 45.5. The van der Waals surface area contributed by atoms with Crippen LogP contribution in [0.15, 0.2) is 207 Å². The minimum absolute atomic E-state index is 0. The number of ketones is 1. The molecule has 0 radical (unpaired) electrons. The van der Waals surface area contributed by atoms with Crippen LogP contribution in [0.2, 0.25) is 0 Å². The Kier molecular flexibility index (Phi) is 34.9. The Balaban J connectivity index is 0.000000164. The van der Waals surface area contributed by atoms with Crippen molar-refractivity contribution in [1.82, 2.24) is 40.9 Å². The molecule has 4 fully saturated rings. The number of ether oxygens (including phenoxy) is 2. The molecule has 9 heterocycles. The number of alkyl halides is 6. The van der Waals surface area contributed by atoms with E-state index in [1.54, 1.807) is 63.7 Å². The minimum atomic E-state index is -4.73. The summed E-state index contributed by atoms with van der Waals surface area (Å²) in [5.41, 5.74) is 13.9. The minimum Gasteiger partial charge on any atom is -0.494 e. The van der Waals surface area contributed by atoms with Gasteiger partial charge in [0.05, 0.1) is 76.3 Å². The summed E-state index contributed by atoms with van der Waals surface area (Å²) in [7, 11) is 7.61. The molecular weight excluding hydrogens is 1760 g/mol. The van der Waals surface area contributed by atoms with Gasteiger partial charge in [0.2, 0.25) is 0 Å². The van der Waals surface area contributed by atoms with Gasteiger partial charge >= 0.3 is 12.4 Å². The van der Waals surface area contributed by atoms with Crippen molar-refractivity contribution >= 4 is 138 Å². The third-order valence-electron chi connectivity index (χ3n) is 23.8. The number of halogens is 7. The number of rotatable bonds is 26. The lowest BCUT2D eigenvalue weighted by atomic mass is 10.1. The van der Waals surface area contributed by atoms with Gasteiger partial charge < -0.3 is 87.6 Å². The number of piperidine rings is 4. The Labute approximate surface area is 795 Å². The topological polar surface area (TPSA) is 296 Å². The summed E-state index contributed by atoms with van der Waals surface area (Å²) in [5.74, 6) is 1.14. The van der Waals surface area contributed by atoms with Crippen LogP contribution in [0.25, 0.3) is 0 Å². The molecule has 720 valence electrons. The van der Waals surface area contributed by atoms with Gasteiger partial charge in [-0.2, -0.15) is 26.3 Å². The highest BCUT2D eigenvalue weighted by molar-refractivity contribution is 6.02. The van der Waals surface area contributed by atoms with Gasteiger partial charge in [0.15, 0.2) is 11.5 Å². The van der Waals surface area contributed by atoms with Crippen LogP contribution in [0.5, 0.6) is 11.5 Å². The number of anilines is 20. The smallest absolute Gasteiger partial charge is 0.419 e. The average Bonchev–Trinajstić information content (AvgIpc) is 0.793. The molecule has 11 N–H and O–H groups in total. The summed E-state index contributed by atoms with van der Waals surface area (Å²) in [6.45, 7) is 18.0. The van der Waals surface area contributed by atoms with Crippen molar-refractivity contribution in [1.29, 1.82) is 0 Å². The third-order valence-corrected chi connectivity index (χ3v) is 23.8. The second-order valence-corrected chi connectivity index (χ2v) is 33.4. The second-order valence-electron chi connectivity index (χ2n) is 33.4. The van der Waals surface area contributed by atoms with Gasteiger partial charge in [0.1, 0.15) is 40.6 Å². The SMILES string of the molecule is C.CNC(=O)c1cc(F)ccc1Nc1cc(Nc2ccc(N3CCCCC3)cc2OC)ncc1C(F)(F)F.CNC(=O)c1ccccc1Nc1cc(Nc2ccc(N3CCCCC3)cc2C)ncc1C(F)(F)F.CNC(=O)c1ncccc1Nc1cc(Nc2ccc(N3CCCCC3)cc2C)ncc1C.COc1cc(N2CCCCC2)ccc1Nc1cc(Nc2ccccc2C(C)=O)c(C)cn1. The first-order valence-electron chi connectivity index (χ1n) is 45.5. The lowest BCUT2D eigenvalue weighted by Crippen LogP contribution is -2.29. The number of hydrogen-bond donors (Lipinski definition) is 11. The van der Waals surface area contributed by atoms with Gasteiger partial charge in [-0.05, 0) is 249 Å². The molecule has 16 rings (SSSR count). The van der Waals surface area contributed by atoms with Crippen molar-refractivity contribution in [2.24, 2.45) is 0 Å². The predicted octanol–water partition coefficient (Wildman–Crippen LogP) is 24.0. The Bertz CT molecular complexity index is 6180. The summed E-state index contributed by atoms with van der Waals surface area (Å²) in [6, 6.07) is 51.6. The summed E-state index contributed by atoms with van der Waals surface area (Å²) >= 11 is 0. The second kappa shape index (κ2) is 47.3. The van der Waals surface area contributed by atoms with Crippen LogP contribution in [0.3, 0.4) is 0 Å². The molecule has 26 nitrogen and oxygen atoms in total. The van der Waals surface area contributed by atoms with E-state index in [0.717, 1.165) is 157 Å². The fraction of sp³-hybridized carbons (Fsp3) is 0.317. The lowest BCUT2D eigenvalue weighted by molar-refractivity contribution is -0.138. The molecule has 0 spiro atoms. The van der Waals surface area contributed by atoms with E-state index in [1.165, 1.54) is 121 Å². The van der Waals surface area contributed by atoms with Crippen molar-refractivity contribution in [3.05, 3.63) is 268 Å². The molecule has 4 aliphatic heterocycles. The summed E-state index contributed by atoms with van der Waals surface area (Å²) in [6.07, 6.45) is 12.0. The zero-order valence-electron chi connectivity index (χ0n) is 77.9. The molecule has 12 aromatic rings. The monoisotopic (exact) mass is 1880 g/mol. The quantitative estimate of drug-likeness (QED) is 0.0177. The molecule has 4 aliphatic rings. The number of aryl methyl sites for hydroxylation is 4. The highest BCUT2D eigenvalue weighted by Gasteiger charge is 2.37. The molecule has 0 unspecified atom stereocenters. The number of pyridine rings is 5. The molecule has 4 saturated heterocycles. The number of Topliss-reactive ketones (excluding diaryl/α,β-unsaturated/α-hetero) is 1. The normalized spacial score (nSPS) is 13.6. The number of benzene rings is 7. The van der Waals surface area contributed by atoms with Crippen LogP contribution in [0, 0.1) is 33.5 Å². The maximum absolute atomic E-state index is 13.8. The number of para-hydroxylation sites is 2. The van der Waals surface area contributed by atoms with Gasteiger partial charge in [-0.25, -0.2) is 29.3 Å². The fourth-order valence-electron chi connectivity index (χ4n) is 16.4. The van der Waals surface area contributed by atoms with E-state index >= 15 is 0 Å². The zero-order chi connectivity index (χ0) is 96.6. The first kappa shape index (κ1) is 101. The number of methoxy groups -OCH3 is 2. The molecule has 0 atom stereocenters. The molecule has 0 aliphatic carbocycles. The van der Waals surface area contributed by atoms with E-state index in [9.17, 15) is 49.9 Å². The third kappa shape index (κ3) is 26.8. The van der Waals surface area contributed by atoms with Gasteiger partial charge in [-0.3, -0.25) is 19.2 Å². The average molecular weight is 1880 g/mol. The van der Waals surface area contributed by atoms with E-state index in [1.807, 2.05) is 106 Å². The number of hydrogen-bond acceptors (Lipinski definition) is 23. The fourth-order valence-corrected chi connectivity index (χ4v) is 16.4. The van der Waals surface area contributed by atoms with Crippen molar-refractivity contribution in [3.63, 3.8) is 0 Å². The highest BCUT2D eigenvalue weighted by atomic mass is 19.4. The number of aromatic nitrogens is 5. The van der Waals surface area contributed by atoms with Gasteiger partial charge in [-0.1, -0.05) is 31.7 Å². The molecule has 0 bridgehead atoms. The van der Waals surface area contributed by atoms with Crippen molar-refractivity contribution < 1.29 is 59.4 Å². The van der Waals surface area contributed by atoms with Gasteiger partial charge in [-0.15, -0.1) is 0 Å². The highest BCUT2D eigenvalue weighted by Crippen LogP contribution is 2.43. The number of amides is 3. The van der Waals surface area contributed by atoms with Crippen LogP contribution in [0.1, 0.15) is 166 Å². The largest absolute Gasteiger partial charge is 0.494 e. The van der Waals surface area contributed by atoms with E-state index in [-0.39, 0.29) is 64.6 Å².